The van der Waals surface area contributed by atoms with Crippen LogP contribution in [0.15, 0.2) is 35.2 Å². The molecule has 0 aliphatic rings. The Bertz CT molecular complexity index is 643. The summed E-state index contributed by atoms with van der Waals surface area (Å²) in [6, 6.07) is 3.49. The third kappa shape index (κ3) is 2.32. The van der Waals surface area contributed by atoms with E-state index in [9.17, 15) is 0 Å². The molecule has 0 amide bonds. The Balaban J connectivity index is 1.89. The van der Waals surface area contributed by atoms with Crippen LogP contribution in [0.4, 0.5) is 0 Å². The summed E-state index contributed by atoms with van der Waals surface area (Å²) in [4.78, 5) is 4.38. The Morgan fingerprint density at radius 1 is 1.45 bits per heavy atom. The highest BCUT2D eigenvalue weighted by Crippen LogP contribution is 2.23. The summed E-state index contributed by atoms with van der Waals surface area (Å²) in [5.74, 6) is 2.24. The van der Waals surface area contributed by atoms with Crippen molar-refractivity contribution in [2.75, 3.05) is 0 Å². The lowest BCUT2D eigenvalue weighted by molar-refractivity contribution is 0.396. The average Bonchev–Trinajstić information content (AvgIpc) is 3.18. The first-order chi connectivity index (χ1) is 9.75. The van der Waals surface area contributed by atoms with E-state index in [1.54, 1.807) is 12.5 Å². The van der Waals surface area contributed by atoms with Crippen LogP contribution in [0, 0.1) is 0 Å². The highest BCUT2D eigenvalue weighted by Gasteiger charge is 2.24. The highest BCUT2D eigenvalue weighted by atomic mass is 16.3. The van der Waals surface area contributed by atoms with Crippen molar-refractivity contribution in [1.82, 2.24) is 35.5 Å². The second kappa shape index (κ2) is 5.25. The number of tetrazole rings is 1. The molecule has 0 radical (unpaired) electrons. The van der Waals surface area contributed by atoms with E-state index in [0.717, 1.165) is 11.6 Å². The van der Waals surface area contributed by atoms with Gasteiger partial charge in [0, 0.05) is 19.4 Å². The zero-order chi connectivity index (χ0) is 13.9. The van der Waals surface area contributed by atoms with Crippen molar-refractivity contribution in [3.8, 4) is 0 Å². The van der Waals surface area contributed by atoms with E-state index >= 15 is 0 Å². The first-order valence-electron chi connectivity index (χ1n) is 6.25. The number of hydrogen-bond donors (Lipinski definition) is 2. The summed E-state index contributed by atoms with van der Waals surface area (Å²) in [6.45, 7) is 1.96. The van der Waals surface area contributed by atoms with Crippen molar-refractivity contribution >= 4 is 0 Å². The van der Waals surface area contributed by atoms with Gasteiger partial charge in [-0.15, -0.1) is 10.2 Å². The summed E-state index contributed by atoms with van der Waals surface area (Å²) < 4.78 is 7.46. The SMILES string of the molecule is CC(NC(c1ccco1)c1nccn1C)c1nn[nH]n1. The number of aromatic amines is 1. The third-order valence-electron chi connectivity index (χ3n) is 3.11. The minimum atomic E-state index is -0.182. The minimum absolute atomic E-state index is 0.0967. The maximum atomic E-state index is 5.51. The molecule has 3 heterocycles. The monoisotopic (exact) mass is 273 g/mol. The molecule has 3 aromatic rings. The van der Waals surface area contributed by atoms with Crippen molar-refractivity contribution in [3.05, 3.63) is 48.2 Å². The van der Waals surface area contributed by atoms with Crippen LogP contribution in [0.2, 0.25) is 0 Å². The number of aromatic nitrogens is 6. The van der Waals surface area contributed by atoms with Crippen molar-refractivity contribution < 1.29 is 4.42 Å². The molecule has 20 heavy (non-hydrogen) atoms. The van der Waals surface area contributed by atoms with Crippen molar-refractivity contribution in [2.24, 2.45) is 7.05 Å². The van der Waals surface area contributed by atoms with Gasteiger partial charge in [0.15, 0.2) is 5.82 Å². The molecule has 0 bridgehead atoms. The molecule has 0 saturated carbocycles. The maximum Gasteiger partial charge on any atom is 0.191 e. The normalized spacial score (nSPS) is 14.3. The third-order valence-corrected chi connectivity index (χ3v) is 3.11. The van der Waals surface area contributed by atoms with Crippen molar-refractivity contribution in [1.29, 1.82) is 0 Å². The van der Waals surface area contributed by atoms with E-state index in [-0.39, 0.29) is 12.1 Å². The van der Waals surface area contributed by atoms with Crippen LogP contribution in [0.3, 0.4) is 0 Å². The number of nitrogens with zero attached hydrogens (tertiary/aromatic N) is 5. The Morgan fingerprint density at radius 3 is 2.95 bits per heavy atom. The molecule has 2 N–H and O–H groups in total. The Kier molecular flexibility index (Phi) is 3.30. The van der Waals surface area contributed by atoms with Gasteiger partial charge in [-0.05, 0) is 19.1 Å². The molecule has 8 nitrogen and oxygen atoms in total. The van der Waals surface area contributed by atoms with E-state index in [2.05, 4.69) is 30.9 Å². The van der Waals surface area contributed by atoms with Crippen LogP contribution in [-0.2, 0) is 7.05 Å². The summed E-state index contributed by atoms with van der Waals surface area (Å²) in [7, 11) is 1.94. The van der Waals surface area contributed by atoms with Gasteiger partial charge in [0.05, 0.1) is 12.3 Å². The predicted octanol–water partition coefficient (Wildman–Crippen LogP) is 0.966. The Morgan fingerprint density at radius 2 is 2.35 bits per heavy atom. The number of rotatable bonds is 5. The van der Waals surface area contributed by atoms with Gasteiger partial charge in [0.25, 0.3) is 0 Å². The van der Waals surface area contributed by atoms with Gasteiger partial charge in [-0.2, -0.15) is 5.21 Å². The Labute approximate surface area is 115 Å². The molecule has 0 aliphatic heterocycles. The predicted molar refractivity (Wildman–Crippen MR) is 69.5 cm³/mol. The Hall–Kier alpha value is -2.48. The second-order valence-corrected chi connectivity index (χ2v) is 4.50. The largest absolute Gasteiger partial charge is 0.467 e. The summed E-state index contributed by atoms with van der Waals surface area (Å²) in [5, 5.41) is 17.4. The first-order valence-corrected chi connectivity index (χ1v) is 6.25. The average molecular weight is 273 g/mol. The van der Waals surface area contributed by atoms with Gasteiger partial charge in [-0.3, -0.25) is 5.32 Å². The van der Waals surface area contributed by atoms with Crippen LogP contribution in [-0.4, -0.2) is 30.2 Å². The van der Waals surface area contributed by atoms with Gasteiger partial charge in [0.1, 0.15) is 17.6 Å². The molecule has 3 aromatic heterocycles. The summed E-state index contributed by atoms with van der Waals surface area (Å²) in [6.07, 6.45) is 5.30. The molecule has 0 aliphatic carbocycles. The van der Waals surface area contributed by atoms with Crippen molar-refractivity contribution in [3.63, 3.8) is 0 Å². The molecular weight excluding hydrogens is 258 g/mol. The van der Waals surface area contributed by atoms with Crippen LogP contribution in [0.25, 0.3) is 0 Å². The molecule has 3 rings (SSSR count). The molecule has 0 fully saturated rings. The number of H-pyrrole nitrogens is 1. The van der Waals surface area contributed by atoms with Crippen LogP contribution >= 0.6 is 0 Å². The number of hydrogen-bond acceptors (Lipinski definition) is 6. The second-order valence-electron chi connectivity index (χ2n) is 4.50. The molecule has 2 unspecified atom stereocenters. The fourth-order valence-corrected chi connectivity index (χ4v) is 2.07. The zero-order valence-electron chi connectivity index (χ0n) is 11.2. The fourth-order valence-electron chi connectivity index (χ4n) is 2.07. The van der Waals surface area contributed by atoms with E-state index < -0.39 is 0 Å². The topological polar surface area (TPSA) is 97.5 Å². The van der Waals surface area contributed by atoms with Gasteiger partial charge >= 0.3 is 0 Å². The van der Waals surface area contributed by atoms with Gasteiger partial charge < -0.3 is 8.98 Å². The van der Waals surface area contributed by atoms with Crippen LogP contribution < -0.4 is 5.32 Å². The van der Waals surface area contributed by atoms with E-state index in [1.165, 1.54) is 0 Å². The summed E-state index contributed by atoms with van der Waals surface area (Å²) in [5.41, 5.74) is 0. The molecule has 2 atom stereocenters. The van der Waals surface area contributed by atoms with Crippen LogP contribution in [0.5, 0.6) is 0 Å². The molecule has 104 valence electrons. The van der Waals surface area contributed by atoms with Crippen molar-refractivity contribution in [2.45, 2.75) is 19.0 Å². The number of furan rings is 1. The lowest BCUT2D eigenvalue weighted by atomic mass is 10.1. The molecule has 0 spiro atoms. The molecule has 0 saturated heterocycles. The van der Waals surface area contributed by atoms with E-state index in [4.69, 9.17) is 4.42 Å². The van der Waals surface area contributed by atoms with Gasteiger partial charge in [-0.25, -0.2) is 4.98 Å². The van der Waals surface area contributed by atoms with E-state index in [1.807, 2.05) is 36.9 Å². The van der Waals surface area contributed by atoms with Gasteiger partial charge in [0.2, 0.25) is 0 Å². The molecular formula is C12H15N7O. The molecule has 8 heteroatoms. The lowest BCUT2D eigenvalue weighted by Gasteiger charge is -2.19. The fraction of sp³-hybridized carbons (Fsp3) is 0.333. The quantitative estimate of drug-likeness (QED) is 0.718. The number of aryl methyl sites for hydroxylation is 1. The zero-order valence-corrected chi connectivity index (χ0v) is 11.2. The molecule has 0 aromatic carbocycles. The number of nitrogens with one attached hydrogen (secondary N) is 2. The highest BCUT2D eigenvalue weighted by molar-refractivity contribution is 5.16. The minimum Gasteiger partial charge on any atom is -0.467 e. The lowest BCUT2D eigenvalue weighted by Crippen LogP contribution is -2.28. The first kappa shape index (κ1) is 12.5. The summed E-state index contributed by atoms with van der Waals surface area (Å²) >= 11 is 0. The van der Waals surface area contributed by atoms with Gasteiger partial charge in [-0.1, -0.05) is 5.21 Å². The van der Waals surface area contributed by atoms with Crippen LogP contribution in [0.1, 0.15) is 36.4 Å². The smallest absolute Gasteiger partial charge is 0.191 e. The maximum absolute atomic E-state index is 5.51. The van der Waals surface area contributed by atoms with E-state index in [0.29, 0.717) is 5.82 Å². The number of imidazole rings is 1. The standard InChI is InChI=1S/C12H15N7O/c1-8(11-15-17-18-16-11)14-10(9-4-3-7-20-9)12-13-5-6-19(12)2/h3-8,10,14H,1-2H3,(H,15,16,17,18).